The van der Waals surface area contributed by atoms with E-state index in [1.54, 1.807) is 0 Å². The number of benzene rings is 1. The Labute approximate surface area is 127 Å². The van der Waals surface area contributed by atoms with Gasteiger partial charge in [-0.15, -0.1) is 0 Å². The quantitative estimate of drug-likeness (QED) is 0.669. The Morgan fingerprint density at radius 1 is 1.35 bits per heavy atom. The zero-order valence-electron chi connectivity index (χ0n) is 10.7. The molecule has 0 spiro atoms. The molecule has 0 bridgehead atoms. The standard InChI is InChI=1S/C14H14N2O2S2/c15-12(17)7-4-8-16-13(18)11(20-14(16)19)9-10-5-2-1-3-6-10/h1-3,5-6,9H,4,7-8H2,(H2,15,17)/b11-9+. The van der Waals surface area contributed by atoms with Gasteiger partial charge in [0.05, 0.1) is 4.91 Å². The summed E-state index contributed by atoms with van der Waals surface area (Å²) in [4.78, 5) is 25.1. The van der Waals surface area contributed by atoms with E-state index < -0.39 is 0 Å². The number of hydrogen-bond donors (Lipinski definition) is 1. The molecule has 6 heteroatoms. The Morgan fingerprint density at radius 2 is 2.05 bits per heavy atom. The monoisotopic (exact) mass is 306 g/mol. The van der Waals surface area contributed by atoms with Gasteiger partial charge >= 0.3 is 0 Å². The van der Waals surface area contributed by atoms with E-state index in [-0.39, 0.29) is 18.2 Å². The first kappa shape index (κ1) is 14.7. The minimum absolute atomic E-state index is 0.103. The second kappa shape index (κ2) is 6.67. The lowest BCUT2D eigenvalue weighted by molar-refractivity contribution is -0.123. The van der Waals surface area contributed by atoms with Gasteiger partial charge in [-0.1, -0.05) is 54.3 Å². The predicted octanol–water partition coefficient (Wildman–Crippen LogP) is 2.15. The fourth-order valence-corrected chi connectivity index (χ4v) is 3.11. The molecule has 2 N–H and O–H groups in total. The molecule has 0 unspecified atom stereocenters. The lowest BCUT2D eigenvalue weighted by Crippen LogP contribution is -2.29. The lowest BCUT2D eigenvalue weighted by atomic mass is 10.2. The molecular formula is C14H14N2O2S2. The SMILES string of the molecule is NC(=O)CCCN1C(=O)/C(=C\c2ccccc2)SC1=S. The molecule has 2 rings (SSSR count). The second-order valence-electron chi connectivity index (χ2n) is 4.31. The van der Waals surface area contributed by atoms with Crippen LogP contribution in [0.25, 0.3) is 6.08 Å². The molecule has 1 fully saturated rings. The van der Waals surface area contributed by atoms with Crippen LogP contribution in [-0.4, -0.2) is 27.6 Å². The number of carbonyl (C=O) groups is 2. The molecule has 1 aromatic carbocycles. The van der Waals surface area contributed by atoms with E-state index in [1.165, 1.54) is 16.7 Å². The molecule has 0 saturated carbocycles. The number of nitrogens with two attached hydrogens (primary N) is 1. The highest BCUT2D eigenvalue weighted by Crippen LogP contribution is 2.32. The van der Waals surface area contributed by atoms with Gasteiger partial charge in [0.1, 0.15) is 4.32 Å². The summed E-state index contributed by atoms with van der Waals surface area (Å²) in [5.41, 5.74) is 6.05. The molecular weight excluding hydrogens is 292 g/mol. The topological polar surface area (TPSA) is 63.4 Å². The van der Waals surface area contributed by atoms with Crippen molar-refractivity contribution in [1.82, 2.24) is 4.90 Å². The second-order valence-corrected chi connectivity index (χ2v) is 5.99. The summed E-state index contributed by atoms with van der Waals surface area (Å²) in [5.74, 6) is -0.469. The van der Waals surface area contributed by atoms with Crippen molar-refractivity contribution in [2.75, 3.05) is 6.54 Å². The van der Waals surface area contributed by atoms with Crippen LogP contribution in [-0.2, 0) is 9.59 Å². The van der Waals surface area contributed by atoms with E-state index in [1.807, 2.05) is 36.4 Å². The Bertz CT molecular complexity index is 570. The molecule has 0 radical (unpaired) electrons. The van der Waals surface area contributed by atoms with E-state index in [9.17, 15) is 9.59 Å². The molecule has 1 aliphatic rings. The third-order valence-electron chi connectivity index (χ3n) is 2.78. The maximum atomic E-state index is 12.2. The summed E-state index contributed by atoms with van der Waals surface area (Å²) in [5, 5.41) is 0. The van der Waals surface area contributed by atoms with Gasteiger partial charge in [-0.05, 0) is 18.1 Å². The van der Waals surface area contributed by atoms with Gasteiger partial charge in [-0.3, -0.25) is 14.5 Å². The van der Waals surface area contributed by atoms with E-state index >= 15 is 0 Å². The smallest absolute Gasteiger partial charge is 0.266 e. The molecule has 0 atom stereocenters. The predicted molar refractivity (Wildman–Crippen MR) is 84.7 cm³/mol. The average Bonchev–Trinajstić information content (AvgIpc) is 2.67. The van der Waals surface area contributed by atoms with Gasteiger partial charge in [0, 0.05) is 13.0 Å². The van der Waals surface area contributed by atoms with Crippen molar-refractivity contribution < 1.29 is 9.59 Å². The van der Waals surface area contributed by atoms with Crippen LogP contribution in [0.5, 0.6) is 0 Å². The number of thiocarbonyl (C=S) groups is 1. The summed E-state index contributed by atoms with van der Waals surface area (Å²) in [7, 11) is 0. The Kier molecular flexibility index (Phi) is 4.92. The molecule has 4 nitrogen and oxygen atoms in total. The van der Waals surface area contributed by atoms with Crippen LogP contribution in [0.2, 0.25) is 0 Å². The summed E-state index contributed by atoms with van der Waals surface area (Å²) in [6, 6.07) is 9.62. The van der Waals surface area contributed by atoms with E-state index in [0.29, 0.717) is 22.2 Å². The summed E-state index contributed by atoms with van der Waals surface area (Å²) < 4.78 is 0.529. The van der Waals surface area contributed by atoms with E-state index in [4.69, 9.17) is 18.0 Å². The van der Waals surface area contributed by atoms with Crippen LogP contribution >= 0.6 is 24.0 Å². The van der Waals surface area contributed by atoms with Crippen LogP contribution in [0.1, 0.15) is 18.4 Å². The van der Waals surface area contributed by atoms with E-state index in [0.717, 1.165) is 5.56 Å². The van der Waals surface area contributed by atoms with Gasteiger partial charge in [-0.25, -0.2) is 0 Å². The minimum atomic E-state index is -0.365. The van der Waals surface area contributed by atoms with Crippen molar-refractivity contribution in [2.45, 2.75) is 12.8 Å². The van der Waals surface area contributed by atoms with Crippen molar-refractivity contribution in [1.29, 1.82) is 0 Å². The number of thioether (sulfide) groups is 1. The maximum absolute atomic E-state index is 12.2. The van der Waals surface area contributed by atoms with Gasteiger partial charge in [0.2, 0.25) is 5.91 Å². The molecule has 20 heavy (non-hydrogen) atoms. The molecule has 1 saturated heterocycles. The summed E-state index contributed by atoms with van der Waals surface area (Å²) in [6.45, 7) is 0.430. The van der Waals surface area contributed by atoms with Crippen LogP contribution < -0.4 is 5.73 Å². The van der Waals surface area contributed by atoms with Crippen molar-refractivity contribution in [3.8, 4) is 0 Å². The highest BCUT2D eigenvalue weighted by molar-refractivity contribution is 8.26. The van der Waals surface area contributed by atoms with Crippen LogP contribution in [0, 0.1) is 0 Å². The highest BCUT2D eigenvalue weighted by Gasteiger charge is 2.31. The first-order valence-electron chi connectivity index (χ1n) is 6.16. The largest absolute Gasteiger partial charge is 0.370 e. The van der Waals surface area contributed by atoms with Crippen LogP contribution in [0.15, 0.2) is 35.2 Å². The number of rotatable bonds is 5. The summed E-state index contributed by atoms with van der Waals surface area (Å²) in [6.07, 6.45) is 2.61. The zero-order valence-corrected chi connectivity index (χ0v) is 12.4. The number of amides is 2. The average molecular weight is 306 g/mol. The molecule has 0 aromatic heterocycles. The number of nitrogens with zero attached hydrogens (tertiary/aromatic N) is 1. The van der Waals surface area contributed by atoms with Crippen LogP contribution in [0.4, 0.5) is 0 Å². The normalized spacial score (nSPS) is 17.0. The van der Waals surface area contributed by atoms with E-state index in [2.05, 4.69) is 0 Å². The Morgan fingerprint density at radius 3 is 2.70 bits per heavy atom. The van der Waals surface area contributed by atoms with Gasteiger partial charge in [0.15, 0.2) is 0 Å². The third-order valence-corrected chi connectivity index (χ3v) is 4.15. The van der Waals surface area contributed by atoms with Gasteiger partial charge < -0.3 is 5.73 Å². The van der Waals surface area contributed by atoms with Crippen molar-refractivity contribution >= 4 is 46.2 Å². The maximum Gasteiger partial charge on any atom is 0.266 e. The molecule has 1 aliphatic heterocycles. The fourth-order valence-electron chi connectivity index (χ4n) is 1.80. The lowest BCUT2D eigenvalue weighted by Gasteiger charge is -2.13. The molecule has 2 amide bonds. The van der Waals surface area contributed by atoms with Gasteiger partial charge in [0.25, 0.3) is 5.91 Å². The number of carbonyl (C=O) groups excluding carboxylic acids is 2. The molecule has 0 aliphatic carbocycles. The molecule has 1 aromatic rings. The minimum Gasteiger partial charge on any atom is -0.370 e. The first-order chi connectivity index (χ1) is 9.58. The van der Waals surface area contributed by atoms with Gasteiger partial charge in [-0.2, -0.15) is 0 Å². The van der Waals surface area contributed by atoms with Crippen molar-refractivity contribution in [2.24, 2.45) is 5.73 Å². The Balaban J connectivity index is 2.05. The number of primary amides is 1. The first-order valence-corrected chi connectivity index (χ1v) is 7.39. The van der Waals surface area contributed by atoms with Crippen molar-refractivity contribution in [3.63, 3.8) is 0 Å². The zero-order chi connectivity index (χ0) is 14.5. The number of hydrogen-bond acceptors (Lipinski definition) is 4. The fraction of sp³-hybridized carbons (Fsp3) is 0.214. The molecule has 104 valence electrons. The highest BCUT2D eigenvalue weighted by atomic mass is 32.2. The molecule has 1 heterocycles. The third kappa shape index (κ3) is 3.68. The van der Waals surface area contributed by atoms with Crippen molar-refractivity contribution in [3.05, 3.63) is 40.8 Å². The van der Waals surface area contributed by atoms with Crippen LogP contribution in [0.3, 0.4) is 0 Å². The summed E-state index contributed by atoms with van der Waals surface area (Å²) >= 11 is 6.49. The Hall–Kier alpha value is -1.66.